The molecular weight excluding hydrogens is 1660 g/mol. The Bertz CT molecular complexity index is 4770. The molecule has 0 unspecified atom stereocenters. The number of phenolic OH excluding ortho intramolecular Hbond substituents is 1. The number of hydrogen-bond donors (Lipinski definition) is 16. The van der Waals surface area contributed by atoms with Gasteiger partial charge in [0.25, 0.3) is 0 Å². The van der Waals surface area contributed by atoms with E-state index in [9.17, 15) is 72.9 Å². The molecule has 8 rings (SSSR count). The number of amides is 15. The highest BCUT2D eigenvalue weighted by molar-refractivity contribution is 8.00. The van der Waals surface area contributed by atoms with Gasteiger partial charge in [0, 0.05) is 112 Å². The fraction of sp³-hybridized carbons (Fsp3) is 0.557. The molecule has 39 heteroatoms. The number of carbonyl (C=O) groups excluding carboxylic acids is 16. The van der Waals surface area contributed by atoms with Gasteiger partial charge in [0.1, 0.15) is 78.8 Å². The lowest BCUT2D eigenvalue weighted by Crippen LogP contribution is -2.61. The fourth-order valence-corrected chi connectivity index (χ4v) is 17.0. The van der Waals surface area contributed by atoms with E-state index in [0.717, 1.165) is 26.5 Å². The number of hydrogen-bond acceptors (Lipinski definition) is 21. The number of aromatic hydroxyl groups is 1. The monoisotopic (exact) mass is 1780 g/mol. The largest absolute Gasteiger partial charge is 0.508 e. The molecule has 3 saturated heterocycles. The van der Waals surface area contributed by atoms with Crippen molar-refractivity contribution in [1.82, 2.24) is 82.3 Å². The third-order valence-corrected chi connectivity index (χ3v) is 24.2. The van der Waals surface area contributed by atoms with Crippen LogP contribution in [-0.2, 0) is 101 Å². The topological polar surface area (TPSA) is 559 Å². The number of ketones is 1. The maximum absolute atomic E-state index is 15.6. The first kappa shape index (κ1) is 100. The Hall–Kier alpha value is -12.0. The quantitative estimate of drug-likeness (QED) is 0.0439. The molecule has 0 radical (unpaired) electrons. The molecule has 18 N–H and O–H groups in total. The van der Waals surface area contributed by atoms with E-state index >= 15 is 24.0 Å². The van der Waals surface area contributed by atoms with Gasteiger partial charge in [-0.3, -0.25) is 81.5 Å². The van der Waals surface area contributed by atoms with E-state index in [4.69, 9.17) is 11.5 Å². The summed E-state index contributed by atoms with van der Waals surface area (Å²) in [5, 5.41) is 56.1. The third-order valence-electron chi connectivity index (χ3n) is 23.2. The predicted molar refractivity (Wildman–Crippen MR) is 470 cm³/mol. The number of aromatic nitrogens is 2. The number of rotatable bonds is 22. The number of nitrogens with zero attached hydrogens (tertiary/aromatic N) is 5. The van der Waals surface area contributed by atoms with Gasteiger partial charge in [-0.1, -0.05) is 116 Å². The van der Waals surface area contributed by atoms with Gasteiger partial charge < -0.3 is 109 Å². The molecule has 3 aliphatic rings. The van der Waals surface area contributed by atoms with E-state index in [2.05, 4.69) is 57.8 Å². The Balaban J connectivity index is 1.16. The highest BCUT2D eigenvalue weighted by Crippen LogP contribution is 2.30. The third kappa shape index (κ3) is 28.0. The van der Waals surface area contributed by atoms with Crippen LogP contribution in [0.25, 0.3) is 21.8 Å². The minimum atomic E-state index is -1.75. The van der Waals surface area contributed by atoms with Gasteiger partial charge in [-0.2, -0.15) is 0 Å². The van der Waals surface area contributed by atoms with Crippen LogP contribution in [0.4, 0.5) is 0 Å². The number of Topliss-reactive ketones (excluding diaryl/α,β-unsaturated/α-hetero) is 1. The maximum atomic E-state index is 15.6. The van der Waals surface area contributed by atoms with Gasteiger partial charge in [-0.15, -0.1) is 11.8 Å². The van der Waals surface area contributed by atoms with Crippen molar-refractivity contribution in [3.8, 4) is 5.75 Å². The minimum Gasteiger partial charge on any atom is -0.508 e. The molecule has 5 heterocycles. The second-order valence-electron chi connectivity index (χ2n) is 33.8. The molecule has 38 nitrogen and oxygen atoms in total. The zero-order valence-electron chi connectivity index (χ0n) is 73.7. The highest BCUT2D eigenvalue weighted by atomic mass is 32.2. The Kier molecular flexibility index (Phi) is 37.6. The molecule has 14 atom stereocenters. The summed E-state index contributed by atoms with van der Waals surface area (Å²) in [5.41, 5.74) is 14.9. The number of H-pyrrole nitrogens is 2. The molecule has 692 valence electrons. The number of primary amides is 1. The van der Waals surface area contributed by atoms with Crippen LogP contribution in [0.1, 0.15) is 149 Å². The summed E-state index contributed by atoms with van der Waals surface area (Å²) >= 11 is 0.775. The summed E-state index contributed by atoms with van der Waals surface area (Å²) in [4.78, 5) is 258. The molecule has 0 bridgehead atoms. The Morgan fingerprint density at radius 2 is 1.12 bits per heavy atom. The van der Waals surface area contributed by atoms with Crippen LogP contribution in [0, 0.1) is 17.8 Å². The van der Waals surface area contributed by atoms with E-state index < -0.39 is 229 Å². The second-order valence-corrected chi connectivity index (χ2v) is 34.9. The van der Waals surface area contributed by atoms with Crippen molar-refractivity contribution in [2.45, 2.75) is 230 Å². The van der Waals surface area contributed by atoms with Crippen LogP contribution in [-0.4, -0.2) is 294 Å². The van der Waals surface area contributed by atoms with Crippen molar-refractivity contribution in [3.63, 3.8) is 0 Å². The summed E-state index contributed by atoms with van der Waals surface area (Å²) in [6.07, 6.45) is 2.00. The molecule has 127 heavy (non-hydrogen) atoms. The lowest BCUT2D eigenvalue weighted by atomic mass is 9.90. The van der Waals surface area contributed by atoms with Gasteiger partial charge in [0.15, 0.2) is 5.78 Å². The number of nitrogens with two attached hydrogens (primary N) is 2. The van der Waals surface area contributed by atoms with Gasteiger partial charge in [0.2, 0.25) is 88.6 Å². The van der Waals surface area contributed by atoms with Crippen molar-refractivity contribution in [2.24, 2.45) is 29.2 Å². The number of carboxylic acid groups (broad SMARTS) is 1. The Labute approximate surface area is 741 Å². The number of aromatic amines is 2. The van der Waals surface area contributed by atoms with Crippen LogP contribution in [0.2, 0.25) is 0 Å². The van der Waals surface area contributed by atoms with E-state index in [1.54, 1.807) is 64.4 Å². The number of nitrogens with one attached hydrogen (secondary N) is 11. The van der Waals surface area contributed by atoms with Crippen LogP contribution < -0.4 is 59.3 Å². The average Bonchev–Trinajstić information content (AvgIpc) is 1.74. The van der Waals surface area contributed by atoms with Gasteiger partial charge >= 0.3 is 5.97 Å². The first-order valence-electron chi connectivity index (χ1n) is 43.3. The number of thioether (sulfide) groups is 1. The summed E-state index contributed by atoms with van der Waals surface area (Å²) in [6, 6.07) is 2.52. The molecule has 2 aromatic heterocycles. The maximum Gasteiger partial charge on any atom is 0.322 e. The molecule has 0 aliphatic carbocycles. The Morgan fingerprint density at radius 3 is 1.72 bits per heavy atom. The summed E-state index contributed by atoms with van der Waals surface area (Å²) in [7, 11) is 4.01. The first-order chi connectivity index (χ1) is 60.3. The zero-order chi connectivity index (χ0) is 93.2. The Morgan fingerprint density at radius 1 is 0.575 bits per heavy atom. The van der Waals surface area contributed by atoms with Gasteiger partial charge in [0.05, 0.1) is 30.9 Å². The molecule has 3 fully saturated rings. The van der Waals surface area contributed by atoms with Crippen molar-refractivity contribution in [2.75, 3.05) is 65.4 Å². The summed E-state index contributed by atoms with van der Waals surface area (Å²) < 4.78 is 0. The van der Waals surface area contributed by atoms with E-state index in [-0.39, 0.29) is 94.9 Å². The second kappa shape index (κ2) is 47.5. The minimum absolute atomic E-state index is 0.00390. The number of fused-ring (bicyclic) bond motifs is 4. The van der Waals surface area contributed by atoms with Gasteiger partial charge in [-0.05, 0) is 105 Å². The number of phenols is 1. The normalized spacial score (nSPS) is 25.2. The molecule has 3 aromatic carbocycles. The van der Waals surface area contributed by atoms with Crippen LogP contribution >= 0.6 is 11.8 Å². The van der Waals surface area contributed by atoms with Crippen molar-refractivity contribution in [1.29, 1.82) is 0 Å². The standard InChI is InChI=1S/C88H124N18O20S/c1-11-13-24-68-82(120)97-61(32-48(3)4)80(118)101-67(79(117)94-44-76(113)114)46-127-47-75(112)96-63(34-51-27-29-55(107)30-28-51)84(122)102(8)50(7)77(115)98-65(39-73(90)110)86(124)105-31-19-26-69(105)83(121)100-66(40-89)81(119)99-62(33-49(5)6)87(125)106-45-56(108)38-71(106)72(109)37-52(35-53-41-91-59-22-17-15-20-57(53)59)78(116)93-43-74(111)95-64(36-54-42-92-60-23-18-16-21-58(54)60)85(123)104(10)70(25-14-12-2)88(126)103(68)9/h15-18,20-23,27-30,41-42,48-50,52,56,61-71,91-92,107-108H,11-14,19,24-26,31-40,43-47,89H2,1-10H3,(H2,90,110)(H,93,116)(H,94,117)(H,95,111)(H,96,112)(H,97,120)(H,98,115)(H,99,119)(H,100,121)(H,101,118)(H,113,114)/t50-,52+,56+,61-,62-,63-,64-,65-,66-,67-,68-,69-,70-,71-/m0/s1. The number of carbonyl (C=O) groups is 17. The average molecular weight is 1790 g/mol. The van der Waals surface area contributed by atoms with Gasteiger partial charge in [-0.25, -0.2) is 0 Å². The van der Waals surface area contributed by atoms with Crippen LogP contribution in [0.3, 0.4) is 0 Å². The summed E-state index contributed by atoms with van der Waals surface area (Å²) in [5.74, 6) is -18.3. The van der Waals surface area contributed by atoms with Crippen molar-refractivity contribution in [3.05, 3.63) is 102 Å². The number of benzene rings is 3. The SMILES string of the molecule is CCCC[C@H]1C(=O)N(C)[C@@H](CCCC)C(=O)N[C@@H](CC(C)C)C(=O)N[C@H](C(=O)NCC(=O)O)CSCC(=O)N[C@@H](Cc2ccc(O)cc2)C(=O)N(C)[C@@H](C)C(=O)N[C@@H](CC(N)=O)C(=O)N2CCC[C@H]2C(=O)N[C@@H](CN)C(=O)N[C@@H](CC(C)C)C(=O)N2C[C@H](O)C[C@H]2C(=O)C[C@@H](Cc2c[nH]c3ccccc23)C(=O)NCC(=O)N[C@@H](Cc2c[nH]c3ccccc23)C(=O)N1C. The predicted octanol–water partition coefficient (Wildman–Crippen LogP) is 0.176. The summed E-state index contributed by atoms with van der Waals surface area (Å²) in [6.45, 7) is 9.36. The zero-order valence-corrected chi connectivity index (χ0v) is 74.5. The molecule has 3 aliphatic heterocycles. The van der Waals surface area contributed by atoms with Crippen LogP contribution in [0.15, 0.2) is 85.2 Å². The lowest BCUT2D eigenvalue weighted by Gasteiger charge is -2.36. The molecule has 0 spiro atoms. The van der Waals surface area contributed by atoms with Crippen LogP contribution in [0.5, 0.6) is 5.75 Å². The molecular formula is C88H124N18O20S. The van der Waals surface area contributed by atoms with E-state index in [0.29, 0.717) is 64.2 Å². The molecule has 5 aromatic rings. The number of para-hydroxylation sites is 2. The van der Waals surface area contributed by atoms with Crippen molar-refractivity contribution < 1.29 is 96.8 Å². The molecule has 15 amide bonds. The first-order valence-corrected chi connectivity index (χ1v) is 44.4. The number of aliphatic hydroxyl groups is 1. The smallest absolute Gasteiger partial charge is 0.322 e. The molecule has 0 saturated carbocycles. The van der Waals surface area contributed by atoms with E-state index in [1.165, 1.54) is 62.1 Å². The number of carboxylic acids is 1. The fourth-order valence-electron chi connectivity index (χ4n) is 16.2. The number of unbranched alkanes of at least 4 members (excludes halogenated alkanes) is 2. The number of aliphatic hydroxyl groups excluding tert-OH is 1. The lowest BCUT2D eigenvalue weighted by molar-refractivity contribution is -0.149. The van der Waals surface area contributed by atoms with E-state index in [1.807, 2.05) is 38.1 Å². The number of aliphatic carboxylic acids is 1. The highest BCUT2D eigenvalue weighted by Gasteiger charge is 2.46. The van der Waals surface area contributed by atoms with Crippen molar-refractivity contribution >= 4 is 134 Å². The number of likely N-dealkylation sites (N-methyl/N-ethyl adjacent to an activating group) is 3.